The van der Waals surface area contributed by atoms with E-state index in [1.54, 1.807) is 16.5 Å². The van der Waals surface area contributed by atoms with Gasteiger partial charge in [0, 0.05) is 0 Å². The molecule has 0 heterocycles. The molecule has 1 aliphatic carbocycles. The Bertz CT molecular complexity index is 1560. The van der Waals surface area contributed by atoms with Crippen molar-refractivity contribution in [2.24, 2.45) is 0 Å². The second-order valence-electron chi connectivity index (χ2n) is 8.91. The van der Waals surface area contributed by atoms with Crippen LogP contribution in [0.2, 0.25) is 0 Å². The van der Waals surface area contributed by atoms with E-state index in [0.29, 0.717) is 0 Å². The predicted molar refractivity (Wildman–Crippen MR) is 122 cm³/mol. The summed E-state index contributed by atoms with van der Waals surface area (Å²) in [5, 5.41) is 14.8. The molecule has 0 amide bonds. The summed E-state index contributed by atoms with van der Waals surface area (Å²) in [5.74, 6) is 0. The molecular weight excluding hydrogens is 336 g/mol. The van der Waals surface area contributed by atoms with E-state index in [9.17, 15) is 0 Å². The molecule has 28 heavy (non-hydrogen) atoms. The number of aryl methyl sites for hydroxylation is 4. The first kappa shape index (κ1) is 15.1. The van der Waals surface area contributed by atoms with Crippen LogP contribution in [0, 0.1) is 13.8 Å². The van der Waals surface area contributed by atoms with Gasteiger partial charge in [0.1, 0.15) is 0 Å². The Balaban J connectivity index is 1.90. The molecule has 0 aromatic heterocycles. The fourth-order valence-electron chi connectivity index (χ4n) is 6.22. The lowest BCUT2D eigenvalue weighted by Crippen LogP contribution is -1.99. The Morgan fingerprint density at radius 1 is 0.571 bits per heavy atom. The molecule has 6 aromatic rings. The van der Waals surface area contributed by atoms with Crippen molar-refractivity contribution in [3.63, 3.8) is 0 Å². The minimum Gasteiger partial charge on any atom is -0.0610 e. The molecule has 0 nitrogen and oxygen atoms in total. The molecule has 6 aromatic carbocycles. The molecule has 0 fully saturated rings. The normalized spacial score (nSPS) is 14.9. The van der Waals surface area contributed by atoms with E-state index in [4.69, 9.17) is 0 Å². The smallest absolute Gasteiger partial charge is 0.00139 e. The fraction of sp³-hybridized carbons (Fsp3) is 0.214. The maximum absolute atomic E-state index is 2.48. The molecule has 0 heteroatoms. The van der Waals surface area contributed by atoms with E-state index in [1.807, 2.05) is 0 Å². The number of hydrogen-bond acceptors (Lipinski definition) is 0. The van der Waals surface area contributed by atoms with Crippen LogP contribution >= 0.6 is 0 Å². The van der Waals surface area contributed by atoms with Gasteiger partial charge in [-0.25, -0.2) is 0 Å². The summed E-state index contributed by atoms with van der Waals surface area (Å²) in [7, 11) is 0. The molecule has 0 aliphatic heterocycles. The third-order valence-electron chi connectivity index (χ3n) is 7.27. The first-order chi connectivity index (χ1) is 13.7. The van der Waals surface area contributed by atoms with Gasteiger partial charge < -0.3 is 0 Å². The highest BCUT2D eigenvalue weighted by Crippen LogP contribution is 2.49. The minimum absolute atomic E-state index is 1.24. The molecule has 0 saturated heterocycles. The molecule has 0 atom stereocenters. The fourth-order valence-corrected chi connectivity index (χ4v) is 6.22. The molecule has 7 rings (SSSR count). The van der Waals surface area contributed by atoms with Crippen molar-refractivity contribution >= 4 is 53.9 Å². The minimum atomic E-state index is 1.24. The zero-order valence-corrected chi connectivity index (χ0v) is 16.4. The molecular formula is C28H22. The predicted octanol–water partition coefficient (Wildman–Crippen LogP) is 7.82. The van der Waals surface area contributed by atoms with Gasteiger partial charge in [-0.15, -0.1) is 0 Å². The second-order valence-corrected chi connectivity index (χ2v) is 8.91. The van der Waals surface area contributed by atoms with Gasteiger partial charge in [0.15, 0.2) is 0 Å². The van der Waals surface area contributed by atoms with Crippen molar-refractivity contribution < 1.29 is 0 Å². The lowest BCUT2D eigenvalue weighted by molar-refractivity contribution is 0.696. The van der Waals surface area contributed by atoms with Crippen LogP contribution in [0.1, 0.15) is 35.1 Å². The molecule has 134 valence electrons. The summed E-state index contributed by atoms with van der Waals surface area (Å²) in [6, 6.07) is 18.8. The van der Waals surface area contributed by atoms with Gasteiger partial charge >= 0.3 is 0 Å². The monoisotopic (exact) mass is 358 g/mol. The van der Waals surface area contributed by atoms with Crippen molar-refractivity contribution in [3.8, 4) is 0 Å². The number of rotatable bonds is 0. The average molecular weight is 358 g/mol. The lowest BCUT2D eigenvalue weighted by Gasteiger charge is -2.12. The van der Waals surface area contributed by atoms with Crippen LogP contribution in [-0.2, 0) is 12.8 Å². The van der Waals surface area contributed by atoms with E-state index in [0.717, 1.165) is 0 Å². The highest BCUT2D eigenvalue weighted by molar-refractivity contribution is 6.40. The van der Waals surface area contributed by atoms with Crippen molar-refractivity contribution in [2.75, 3.05) is 0 Å². The highest BCUT2D eigenvalue weighted by Gasteiger charge is 2.25. The van der Waals surface area contributed by atoms with Crippen LogP contribution < -0.4 is 0 Å². The zero-order chi connectivity index (χ0) is 18.6. The number of benzene rings is 4. The maximum atomic E-state index is 2.48. The SMILES string of the molecule is Cc1cc2ccc(C)c3c2c(c1)c1cc2cccc4c5c(c(c24)c13)CCCC5. The molecule has 0 unspecified atom stereocenters. The highest BCUT2D eigenvalue weighted by atomic mass is 14.3. The molecule has 0 N–H and O–H groups in total. The quantitative estimate of drug-likeness (QED) is 0.259. The number of fused-ring (bicyclic) bond motifs is 7. The molecule has 0 bridgehead atoms. The van der Waals surface area contributed by atoms with Crippen LogP contribution in [0.4, 0.5) is 0 Å². The van der Waals surface area contributed by atoms with Gasteiger partial charge in [-0.2, -0.15) is 0 Å². The van der Waals surface area contributed by atoms with E-state index in [-0.39, 0.29) is 0 Å². The summed E-state index contributed by atoms with van der Waals surface area (Å²) in [4.78, 5) is 0. The van der Waals surface area contributed by atoms with Crippen molar-refractivity contribution in [3.05, 3.63) is 70.8 Å². The molecule has 0 radical (unpaired) electrons. The first-order valence-corrected chi connectivity index (χ1v) is 10.6. The summed E-state index contributed by atoms with van der Waals surface area (Å²) in [6.45, 7) is 4.52. The first-order valence-electron chi connectivity index (χ1n) is 10.6. The standard InChI is InChI=1S/C28H22/c1-15-12-18-11-10-16(2)24-26(18)22(13-15)23-14-17-6-5-9-20-19-7-3-4-8-21(19)27(25(17)20)28(23)24/h5-6,9-14H,3-4,7-8H2,1-2H3. The summed E-state index contributed by atoms with van der Waals surface area (Å²) >= 11 is 0. The van der Waals surface area contributed by atoms with Crippen LogP contribution in [-0.4, -0.2) is 0 Å². The van der Waals surface area contributed by atoms with E-state index < -0.39 is 0 Å². The lowest BCUT2D eigenvalue weighted by atomic mass is 9.92. The summed E-state index contributed by atoms with van der Waals surface area (Å²) in [6.07, 6.45) is 5.14. The van der Waals surface area contributed by atoms with Gasteiger partial charge in [-0.1, -0.05) is 42.5 Å². The van der Waals surface area contributed by atoms with E-state index >= 15 is 0 Å². The van der Waals surface area contributed by atoms with Crippen molar-refractivity contribution in [2.45, 2.75) is 39.5 Å². The maximum Gasteiger partial charge on any atom is -0.00139 e. The third-order valence-corrected chi connectivity index (χ3v) is 7.27. The van der Waals surface area contributed by atoms with Crippen molar-refractivity contribution in [1.29, 1.82) is 0 Å². The molecule has 0 spiro atoms. The van der Waals surface area contributed by atoms with E-state index in [1.165, 1.54) is 85.3 Å². The Kier molecular flexibility index (Phi) is 2.67. The van der Waals surface area contributed by atoms with Crippen LogP contribution in [0.15, 0.2) is 48.5 Å². The Morgan fingerprint density at radius 3 is 2.21 bits per heavy atom. The van der Waals surface area contributed by atoms with Crippen LogP contribution in [0.5, 0.6) is 0 Å². The van der Waals surface area contributed by atoms with Crippen LogP contribution in [0.25, 0.3) is 53.9 Å². The van der Waals surface area contributed by atoms with E-state index in [2.05, 4.69) is 62.4 Å². The Hall–Kier alpha value is -2.86. The Morgan fingerprint density at radius 2 is 1.32 bits per heavy atom. The van der Waals surface area contributed by atoms with Gasteiger partial charge in [-0.3, -0.25) is 0 Å². The van der Waals surface area contributed by atoms with Crippen LogP contribution in [0.3, 0.4) is 0 Å². The topological polar surface area (TPSA) is 0 Å². The third kappa shape index (κ3) is 1.64. The second kappa shape index (κ2) is 4.94. The molecule has 0 saturated carbocycles. The number of hydrogen-bond donors (Lipinski definition) is 0. The average Bonchev–Trinajstić information content (AvgIpc) is 3.21. The molecule has 1 aliphatic rings. The largest absolute Gasteiger partial charge is 0.0610 e. The van der Waals surface area contributed by atoms with Gasteiger partial charge in [-0.05, 0) is 122 Å². The van der Waals surface area contributed by atoms with Gasteiger partial charge in [0.25, 0.3) is 0 Å². The van der Waals surface area contributed by atoms with Gasteiger partial charge in [0.05, 0.1) is 0 Å². The van der Waals surface area contributed by atoms with Crippen molar-refractivity contribution in [1.82, 2.24) is 0 Å². The summed E-state index contributed by atoms with van der Waals surface area (Å²) < 4.78 is 0. The zero-order valence-electron chi connectivity index (χ0n) is 16.4. The Labute approximate surface area is 164 Å². The summed E-state index contributed by atoms with van der Waals surface area (Å²) in [5.41, 5.74) is 6.05. The van der Waals surface area contributed by atoms with Gasteiger partial charge in [0.2, 0.25) is 0 Å².